The van der Waals surface area contributed by atoms with Crippen LogP contribution in [0.1, 0.15) is 45.4 Å². The average molecular weight is 290 g/mol. The molecule has 1 aliphatic carbocycles. The highest BCUT2D eigenvalue weighted by Crippen LogP contribution is 2.29. The van der Waals surface area contributed by atoms with E-state index in [9.17, 15) is 4.79 Å². The standard InChI is InChI=1S/C16H26N4O/c1-13-5-2-3-6-14(13)19-15(21)16(7-10-17-11-8-16)20-12-4-9-18-20/h4,9,12-14,17H,2-3,5-8,10-11H2,1H3,(H,19,21). The van der Waals surface area contributed by atoms with E-state index in [1.807, 2.05) is 16.9 Å². The Hall–Kier alpha value is -1.36. The first kappa shape index (κ1) is 14.6. The highest BCUT2D eigenvalue weighted by atomic mass is 16.2. The molecule has 2 atom stereocenters. The third-order valence-corrected chi connectivity index (χ3v) is 5.22. The van der Waals surface area contributed by atoms with Gasteiger partial charge in [-0.05, 0) is 50.8 Å². The molecule has 5 nitrogen and oxygen atoms in total. The minimum atomic E-state index is -0.508. The van der Waals surface area contributed by atoms with E-state index in [0.717, 1.165) is 32.4 Å². The minimum Gasteiger partial charge on any atom is -0.351 e. The van der Waals surface area contributed by atoms with Crippen LogP contribution >= 0.6 is 0 Å². The maximum atomic E-state index is 13.0. The number of carbonyl (C=O) groups excluding carboxylic acids is 1. The molecule has 0 spiro atoms. The lowest BCUT2D eigenvalue weighted by molar-refractivity contribution is -0.133. The van der Waals surface area contributed by atoms with E-state index in [1.54, 1.807) is 6.20 Å². The lowest BCUT2D eigenvalue weighted by atomic mass is 9.83. The van der Waals surface area contributed by atoms with Gasteiger partial charge in [0.2, 0.25) is 5.91 Å². The summed E-state index contributed by atoms with van der Waals surface area (Å²) in [6.45, 7) is 3.99. The van der Waals surface area contributed by atoms with Gasteiger partial charge < -0.3 is 10.6 Å². The van der Waals surface area contributed by atoms with E-state index in [4.69, 9.17) is 0 Å². The number of hydrogen-bond donors (Lipinski definition) is 2. The van der Waals surface area contributed by atoms with Gasteiger partial charge in [0.15, 0.2) is 0 Å². The molecule has 2 unspecified atom stereocenters. The Labute approximate surface area is 126 Å². The van der Waals surface area contributed by atoms with Crippen molar-refractivity contribution in [2.24, 2.45) is 5.92 Å². The normalized spacial score (nSPS) is 29.0. The van der Waals surface area contributed by atoms with Crippen LogP contribution in [0.2, 0.25) is 0 Å². The summed E-state index contributed by atoms with van der Waals surface area (Å²) >= 11 is 0. The Morgan fingerprint density at radius 1 is 1.33 bits per heavy atom. The molecule has 0 bridgehead atoms. The van der Waals surface area contributed by atoms with Gasteiger partial charge in [-0.1, -0.05) is 19.8 Å². The molecule has 2 heterocycles. The van der Waals surface area contributed by atoms with Crippen molar-refractivity contribution in [3.63, 3.8) is 0 Å². The number of rotatable bonds is 3. The van der Waals surface area contributed by atoms with Gasteiger partial charge in [-0.2, -0.15) is 5.10 Å². The van der Waals surface area contributed by atoms with E-state index >= 15 is 0 Å². The van der Waals surface area contributed by atoms with E-state index in [-0.39, 0.29) is 5.91 Å². The average Bonchev–Trinajstić information content (AvgIpc) is 3.05. The zero-order valence-corrected chi connectivity index (χ0v) is 12.8. The Morgan fingerprint density at radius 3 is 2.76 bits per heavy atom. The Balaban J connectivity index is 1.78. The molecule has 0 aromatic carbocycles. The van der Waals surface area contributed by atoms with Gasteiger partial charge in [0, 0.05) is 18.4 Å². The molecule has 1 aliphatic heterocycles. The fraction of sp³-hybridized carbons (Fsp3) is 0.750. The van der Waals surface area contributed by atoms with Gasteiger partial charge in [0.1, 0.15) is 5.54 Å². The van der Waals surface area contributed by atoms with Crippen molar-refractivity contribution in [1.29, 1.82) is 0 Å². The highest BCUT2D eigenvalue weighted by Gasteiger charge is 2.43. The summed E-state index contributed by atoms with van der Waals surface area (Å²) < 4.78 is 1.87. The first-order chi connectivity index (χ1) is 10.2. The van der Waals surface area contributed by atoms with Crippen LogP contribution in [0.15, 0.2) is 18.5 Å². The van der Waals surface area contributed by atoms with E-state index < -0.39 is 5.54 Å². The first-order valence-electron chi connectivity index (χ1n) is 8.24. The van der Waals surface area contributed by atoms with E-state index in [2.05, 4.69) is 22.7 Å². The Bertz CT molecular complexity index is 465. The van der Waals surface area contributed by atoms with Crippen LogP contribution in [-0.4, -0.2) is 34.8 Å². The molecule has 3 rings (SSSR count). The van der Waals surface area contributed by atoms with Crippen LogP contribution in [0.4, 0.5) is 0 Å². The fourth-order valence-electron chi connectivity index (χ4n) is 3.76. The molecule has 5 heteroatoms. The van der Waals surface area contributed by atoms with Crippen molar-refractivity contribution in [2.75, 3.05) is 13.1 Å². The smallest absolute Gasteiger partial charge is 0.248 e. The van der Waals surface area contributed by atoms with Crippen LogP contribution < -0.4 is 10.6 Å². The Morgan fingerprint density at radius 2 is 2.10 bits per heavy atom. The zero-order chi connectivity index (χ0) is 14.7. The molecule has 1 amide bonds. The lowest BCUT2D eigenvalue weighted by Crippen LogP contribution is -2.57. The van der Waals surface area contributed by atoms with Gasteiger partial charge in [-0.15, -0.1) is 0 Å². The number of nitrogens with zero attached hydrogens (tertiary/aromatic N) is 2. The molecule has 0 radical (unpaired) electrons. The molecule has 2 N–H and O–H groups in total. The maximum Gasteiger partial charge on any atom is 0.248 e. The maximum absolute atomic E-state index is 13.0. The molecule has 21 heavy (non-hydrogen) atoms. The van der Waals surface area contributed by atoms with E-state index in [1.165, 1.54) is 19.3 Å². The van der Waals surface area contributed by atoms with Gasteiger partial charge in [0.05, 0.1) is 0 Å². The molecule has 1 aromatic rings. The largest absolute Gasteiger partial charge is 0.351 e. The van der Waals surface area contributed by atoms with Crippen molar-refractivity contribution < 1.29 is 4.79 Å². The second-order valence-electron chi connectivity index (χ2n) is 6.57. The number of aromatic nitrogens is 2. The second kappa shape index (κ2) is 6.18. The van der Waals surface area contributed by atoms with Crippen LogP contribution in [0, 0.1) is 5.92 Å². The number of piperidine rings is 1. The first-order valence-corrected chi connectivity index (χ1v) is 8.24. The summed E-state index contributed by atoms with van der Waals surface area (Å²) in [5, 5.41) is 11.1. The molecule has 116 valence electrons. The summed E-state index contributed by atoms with van der Waals surface area (Å²) in [6.07, 6.45) is 10.2. The van der Waals surface area contributed by atoms with Crippen molar-refractivity contribution >= 4 is 5.91 Å². The van der Waals surface area contributed by atoms with Crippen molar-refractivity contribution in [1.82, 2.24) is 20.4 Å². The molecule has 2 aliphatic rings. The summed E-state index contributed by atoms with van der Waals surface area (Å²) in [4.78, 5) is 13.0. The molecule has 1 aromatic heterocycles. The number of carbonyl (C=O) groups is 1. The van der Waals surface area contributed by atoms with Crippen LogP contribution in [0.5, 0.6) is 0 Å². The van der Waals surface area contributed by atoms with Gasteiger partial charge in [-0.3, -0.25) is 9.48 Å². The van der Waals surface area contributed by atoms with Crippen molar-refractivity contribution in [3.05, 3.63) is 18.5 Å². The predicted molar refractivity (Wildman–Crippen MR) is 81.9 cm³/mol. The zero-order valence-electron chi connectivity index (χ0n) is 12.8. The third-order valence-electron chi connectivity index (χ3n) is 5.22. The molecular weight excluding hydrogens is 264 g/mol. The minimum absolute atomic E-state index is 0.159. The molecular formula is C16H26N4O. The highest BCUT2D eigenvalue weighted by molar-refractivity contribution is 5.84. The van der Waals surface area contributed by atoms with Crippen molar-refractivity contribution in [2.45, 2.75) is 57.0 Å². The number of amides is 1. The fourth-order valence-corrected chi connectivity index (χ4v) is 3.76. The molecule has 1 saturated carbocycles. The lowest BCUT2D eigenvalue weighted by Gasteiger charge is -2.39. The van der Waals surface area contributed by atoms with Crippen LogP contribution in [0.25, 0.3) is 0 Å². The second-order valence-corrected chi connectivity index (χ2v) is 6.57. The molecule has 2 fully saturated rings. The predicted octanol–water partition coefficient (Wildman–Crippen LogP) is 1.66. The van der Waals surface area contributed by atoms with E-state index in [0.29, 0.717) is 12.0 Å². The summed E-state index contributed by atoms with van der Waals surface area (Å²) in [7, 11) is 0. The molecule has 1 saturated heterocycles. The van der Waals surface area contributed by atoms with Gasteiger partial charge in [0.25, 0.3) is 0 Å². The van der Waals surface area contributed by atoms with Crippen molar-refractivity contribution in [3.8, 4) is 0 Å². The summed E-state index contributed by atoms with van der Waals surface area (Å²) in [5.74, 6) is 0.741. The Kier molecular flexibility index (Phi) is 4.29. The van der Waals surface area contributed by atoms with Crippen LogP contribution in [-0.2, 0) is 10.3 Å². The monoisotopic (exact) mass is 290 g/mol. The third kappa shape index (κ3) is 2.84. The number of hydrogen-bond acceptors (Lipinski definition) is 3. The van der Waals surface area contributed by atoms with Crippen LogP contribution in [0.3, 0.4) is 0 Å². The van der Waals surface area contributed by atoms with Gasteiger partial charge >= 0.3 is 0 Å². The SMILES string of the molecule is CC1CCCCC1NC(=O)C1(n2cccn2)CCNCC1. The summed E-state index contributed by atoms with van der Waals surface area (Å²) in [5.41, 5.74) is -0.508. The number of nitrogens with one attached hydrogen (secondary N) is 2. The van der Waals surface area contributed by atoms with Gasteiger partial charge in [-0.25, -0.2) is 0 Å². The topological polar surface area (TPSA) is 59.0 Å². The summed E-state index contributed by atoms with van der Waals surface area (Å²) in [6, 6.07) is 2.23. The quantitative estimate of drug-likeness (QED) is 0.890.